The molecule has 0 atom stereocenters. The fourth-order valence-electron chi connectivity index (χ4n) is 2.46. The van der Waals surface area contributed by atoms with E-state index in [9.17, 15) is 8.78 Å². The number of nitrogens with one attached hydrogen (secondary N) is 2. The minimum atomic E-state index is -0.950. The van der Waals surface area contributed by atoms with Crippen molar-refractivity contribution in [3.63, 3.8) is 0 Å². The van der Waals surface area contributed by atoms with E-state index in [-0.39, 0.29) is 5.69 Å². The minimum absolute atomic E-state index is 0.242. The minimum Gasteiger partial charge on any atom is -0.379 e. The number of hydrogen-bond acceptors (Lipinski definition) is 6. The SMILES string of the molecule is Fc1ccc(N=Nc2cn[nH]c2CNCCN2CCOCC2)cc1F. The maximum Gasteiger partial charge on any atom is 0.161 e. The van der Waals surface area contributed by atoms with Crippen molar-refractivity contribution in [1.29, 1.82) is 0 Å². The van der Waals surface area contributed by atoms with Crippen molar-refractivity contribution in [2.45, 2.75) is 6.54 Å². The van der Waals surface area contributed by atoms with E-state index < -0.39 is 11.6 Å². The average molecular weight is 350 g/mol. The molecule has 1 aromatic heterocycles. The molecule has 2 aromatic rings. The summed E-state index contributed by atoms with van der Waals surface area (Å²) in [5.74, 6) is -1.86. The number of hydrogen-bond donors (Lipinski definition) is 2. The van der Waals surface area contributed by atoms with Gasteiger partial charge in [-0.3, -0.25) is 10.00 Å². The van der Waals surface area contributed by atoms with E-state index >= 15 is 0 Å². The predicted octanol–water partition coefficient (Wildman–Crippen LogP) is 2.53. The Hall–Kier alpha value is -2.23. The summed E-state index contributed by atoms with van der Waals surface area (Å²) in [4.78, 5) is 2.34. The van der Waals surface area contributed by atoms with Crippen molar-refractivity contribution < 1.29 is 13.5 Å². The lowest BCUT2D eigenvalue weighted by Gasteiger charge is -2.26. The van der Waals surface area contributed by atoms with Gasteiger partial charge in [0.05, 0.1) is 30.8 Å². The molecule has 1 fully saturated rings. The largest absolute Gasteiger partial charge is 0.379 e. The van der Waals surface area contributed by atoms with Gasteiger partial charge in [0.1, 0.15) is 5.69 Å². The number of halogens is 2. The summed E-state index contributed by atoms with van der Waals surface area (Å²) in [5, 5.41) is 18.1. The fourth-order valence-corrected chi connectivity index (χ4v) is 2.46. The van der Waals surface area contributed by atoms with Gasteiger partial charge in [-0.05, 0) is 12.1 Å². The molecule has 0 unspecified atom stereocenters. The number of benzene rings is 1. The molecular weight excluding hydrogens is 330 g/mol. The molecule has 0 bridgehead atoms. The first kappa shape index (κ1) is 17.6. The van der Waals surface area contributed by atoms with E-state index in [1.54, 1.807) is 6.20 Å². The van der Waals surface area contributed by atoms with E-state index in [2.05, 4.69) is 30.6 Å². The van der Waals surface area contributed by atoms with Crippen molar-refractivity contribution in [3.05, 3.63) is 41.7 Å². The van der Waals surface area contributed by atoms with Gasteiger partial charge in [-0.2, -0.15) is 10.2 Å². The maximum atomic E-state index is 13.2. The zero-order valence-electron chi connectivity index (χ0n) is 13.7. The van der Waals surface area contributed by atoms with Crippen LogP contribution in [0.25, 0.3) is 0 Å². The molecule has 3 rings (SSSR count). The Morgan fingerprint density at radius 1 is 1.20 bits per heavy atom. The third-order valence-electron chi connectivity index (χ3n) is 3.88. The van der Waals surface area contributed by atoms with Crippen LogP contribution in [0.5, 0.6) is 0 Å². The number of morpholine rings is 1. The Labute approximate surface area is 144 Å². The molecule has 2 heterocycles. The Bertz CT molecular complexity index is 714. The Kier molecular flexibility index (Phi) is 6.15. The highest BCUT2D eigenvalue weighted by atomic mass is 19.2. The zero-order chi connectivity index (χ0) is 17.5. The van der Waals surface area contributed by atoms with E-state index in [0.717, 1.165) is 57.2 Å². The third kappa shape index (κ3) is 5.12. The number of aromatic amines is 1. The first-order valence-electron chi connectivity index (χ1n) is 8.12. The van der Waals surface area contributed by atoms with Crippen LogP contribution in [0.4, 0.5) is 20.2 Å². The van der Waals surface area contributed by atoms with Crippen LogP contribution >= 0.6 is 0 Å². The van der Waals surface area contributed by atoms with Gasteiger partial charge < -0.3 is 10.1 Å². The number of rotatable bonds is 7. The van der Waals surface area contributed by atoms with Crippen molar-refractivity contribution >= 4 is 11.4 Å². The second-order valence-electron chi connectivity index (χ2n) is 5.66. The molecule has 25 heavy (non-hydrogen) atoms. The van der Waals surface area contributed by atoms with E-state index in [4.69, 9.17) is 4.74 Å². The van der Waals surface area contributed by atoms with Gasteiger partial charge in [0.15, 0.2) is 11.6 Å². The molecule has 2 N–H and O–H groups in total. The lowest BCUT2D eigenvalue weighted by atomic mass is 10.3. The number of nitrogens with zero attached hydrogens (tertiary/aromatic N) is 4. The van der Waals surface area contributed by atoms with Crippen LogP contribution in [-0.4, -0.2) is 54.5 Å². The Morgan fingerprint density at radius 3 is 2.84 bits per heavy atom. The van der Waals surface area contributed by atoms with Crippen LogP contribution in [0.15, 0.2) is 34.6 Å². The number of H-pyrrole nitrogens is 1. The first-order chi connectivity index (χ1) is 12.2. The summed E-state index contributed by atoms with van der Waals surface area (Å²) in [6, 6.07) is 3.38. The summed E-state index contributed by atoms with van der Waals surface area (Å²) in [5.41, 5.74) is 1.59. The van der Waals surface area contributed by atoms with E-state index in [1.807, 2.05) is 0 Å². The molecule has 134 valence electrons. The molecule has 0 amide bonds. The number of ether oxygens (including phenoxy) is 1. The van der Waals surface area contributed by atoms with Crippen LogP contribution < -0.4 is 5.32 Å². The fraction of sp³-hybridized carbons (Fsp3) is 0.438. The second kappa shape index (κ2) is 8.75. The van der Waals surface area contributed by atoms with E-state index in [0.29, 0.717) is 12.2 Å². The number of azo groups is 1. The molecule has 1 aliphatic rings. The molecule has 1 saturated heterocycles. The maximum absolute atomic E-state index is 13.2. The molecule has 0 radical (unpaired) electrons. The molecule has 7 nitrogen and oxygen atoms in total. The predicted molar refractivity (Wildman–Crippen MR) is 88.1 cm³/mol. The monoisotopic (exact) mass is 350 g/mol. The lowest BCUT2D eigenvalue weighted by molar-refractivity contribution is 0.0384. The van der Waals surface area contributed by atoms with Gasteiger partial charge in [-0.25, -0.2) is 8.78 Å². The molecule has 0 saturated carbocycles. The summed E-state index contributed by atoms with van der Waals surface area (Å²) >= 11 is 0. The molecule has 1 aliphatic heterocycles. The Balaban J connectivity index is 1.49. The van der Waals surface area contributed by atoms with Crippen molar-refractivity contribution in [1.82, 2.24) is 20.4 Å². The van der Waals surface area contributed by atoms with Gasteiger partial charge in [0, 0.05) is 38.8 Å². The van der Waals surface area contributed by atoms with Crippen LogP contribution in [0.2, 0.25) is 0 Å². The third-order valence-corrected chi connectivity index (χ3v) is 3.88. The molecule has 1 aromatic carbocycles. The highest BCUT2D eigenvalue weighted by Gasteiger charge is 2.10. The summed E-state index contributed by atoms with van der Waals surface area (Å²) in [6.07, 6.45) is 1.54. The van der Waals surface area contributed by atoms with E-state index in [1.165, 1.54) is 6.07 Å². The van der Waals surface area contributed by atoms with Crippen molar-refractivity contribution in [2.24, 2.45) is 10.2 Å². The summed E-state index contributed by atoms with van der Waals surface area (Å²) in [7, 11) is 0. The van der Waals surface area contributed by atoms with Crippen LogP contribution in [0.3, 0.4) is 0 Å². The van der Waals surface area contributed by atoms with Crippen LogP contribution in [0.1, 0.15) is 5.69 Å². The average Bonchev–Trinajstić information content (AvgIpc) is 3.08. The quantitative estimate of drug-likeness (QED) is 0.594. The first-order valence-corrected chi connectivity index (χ1v) is 8.12. The van der Waals surface area contributed by atoms with Gasteiger partial charge in [-0.15, -0.1) is 5.11 Å². The van der Waals surface area contributed by atoms with Crippen LogP contribution in [0, 0.1) is 11.6 Å². The highest BCUT2D eigenvalue weighted by molar-refractivity contribution is 5.41. The van der Waals surface area contributed by atoms with Crippen molar-refractivity contribution in [3.8, 4) is 0 Å². The molecule has 0 aliphatic carbocycles. The van der Waals surface area contributed by atoms with Gasteiger partial charge in [-0.1, -0.05) is 0 Å². The normalized spacial score (nSPS) is 15.9. The molecular formula is C16H20F2N6O. The smallest absolute Gasteiger partial charge is 0.161 e. The topological polar surface area (TPSA) is 77.9 Å². The summed E-state index contributed by atoms with van der Waals surface area (Å²) < 4.78 is 31.4. The Morgan fingerprint density at radius 2 is 2.04 bits per heavy atom. The highest BCUT2D eigenvalue weighted by Crippen LogP contribution is 2.21. The zero-order valence-corrected chi connectivity index (χ0v) is 13.7. The standard InChI is InChI=1S/C16H20F2N6O/c17-13-2-1-12(9-14(13)18)21-23-16-11-20-22-15(16)10-19-3-4-24-5-7-25-8-6-24/h1-2,9,11,19H,3-8,10H2,(H,20,22). The lowest BCUT2D eigenvalue weighted by Crippen LogP contribution is -2.40. The number of aromatic nitrogens is 2. The van der Waals surface area contributed by atoms with Gasteiger partial charge in [0.25, 0.3) is 0 Å². The molecule has 0 spiro atoms. The molecule has 9 heteroatoms. The van der Waals surface area contributed by atoms with Crippen molar-refractivity contribution in [2.75, 3.05) is 39.4 Å². The van der Waals surface area contributed by atoms with Gasteiger partial charge in [0.2, 0.25) is 0 Å². The van der Waals surface area contributed by atoms with Crippen LogP contribution in [-0.2, 0) is 11.3 Å². The second-order valence-corrected chi connectivity index (χ2v) is 5.66. The van der Waals surface area contributed by atoms with Gasteiger partial charge >= 0.3 is 0 Å². The summed E-state index contributed by atoms with van der Waals surface area (Å²) in [6.45, 7) is 5.83.